The second-order valence-corrected chi connectivity index (χ2v) is 5.34. The number of rotatable bonds is 0. The van der Waals surface area contributed by atoms with Gasteiger partial charge in [-0.2, -0.15) is 0 Å². The Bertz CT molecular complexity index is 31.0. The molecule has 0 bridgehead atoms. The molecule has 0 N–H and O–H groups in total. The van der Waals surface area contributed by atoms with Gasteiger partial charge in [-0.3, -0.25) is 0 Å². The second kappa shape index (κ2) is 2.09. The molecule has 0 aromatic heterocycles. The molecule has 1 unspecified atom stereocenters. The standard InChI is InChI=1S/CH3IOP/c1-4(2)3/h1H3/q+1. The highest BCUT2D eigenvalue weighted by atomic mass is 127. The van der Waals surface area contributed by atoms with Crippen LogP contribution in [0.5, 0.6) is 0 Å². The van der Waals surface area contributed by atoms with Crippen LogP contribution >= 0.6 is 27.5 Å². The van der Waals surface area contributed by atoms with Crippen molar-refractivity contribution in [2.24, 2.45) is 0 Å². The maximum atomic E-state index is 9.58. The van der Waals surface area contributed by atoms with Crippen molar-refractivity contribution in [3.05, 3.63) is 0 Å². The van der Waals surface area contributed by atoms with E-state index < -0.39 is 5.44 Å². The molecule has 0 radical (unpaired) electrons. The first kappa shape index (κ1) is 4.83. The van der Waals surface area contributed by atoms with Gasteiger partial charge in [0.15, 0.2) is 0 Å². The first-order valence-corrected chi connectivity index (χ1v) is 5.29. The summed E-state index contributed by atoms with van der Waals surface area (Å²) in [6.07, 6.45) is 0. The third-order valence-corrected chi connectivity index (χ3v) is 0. The van der Waals surface area contributed by atoms with E-state index >= 15 is 0 Å². The first-order chi connectivity index (χ1) is 1.73. The molecule has 0 saturated heterocycles. The van der Waals surface area contributed by atoms with E-state index in [4.69, 9.17) is 0 Å². The molecular formula is CH3IOP+. The Morgan fingerprint density at radius 1 is 2.00 bits per heavy atom. The van der Waals surface area contributed by atoms with Crippen molar-refractivity contribution < 1.29 is 4.57 Å². The Morgan fingerprint density at radius 3 is 2.00 bits per heavy atom. The van der Waals surface area contributed by atoms with Gasteiger partial charge in [0.25, 0.3) is 22.0 Å². The average molecular weight is 189 g/mol. The van der Waals surface area contributed by atoms with Crippen molar-refractivity contribution in [2.45, 2.75) is 0 Å². The van der Waals surface area contributed by atoms with E-state index in [-0.39, 0.29) is 0 Å². The van der Waals surface area contributed by atoms with Gasteiger partial charge in [-0.25, -0.2) is 0 Å². The van der Waals surface area contributed by atoms with Gasteiger partial charge in [0.1, 0.15) is 6.66 Å². The fourth-order valence-electron chi connectivity index (χ4n) is 0. The second-order valence-electron chi connectivity index (χ2n) is 0.421. The lowest BCUT2D eigenvalue weighted by Gasteiger charge is -1.31. The molecular weight excluding hydrogens is 186 g/mol. The predicted molar refractivity (Wildman–Crippen MR) is 27.6 cm³/mol. The molecule has 3 heteroatoms. The molecule has 0 aromatic carbocycles. The Kier molecular flexibility index (Phi) is 2.52. The zero-order chi connectivity index (χ0) is 3.58. The molecule has 0 saturated carbocycles. The number of hydrogen-bond donors (Lipinski definition) is 0. The maximum Gasteiger partial charge on any atom is 0.401 e. The number of halogens is 1. The van der Waals surface area contributed by atoms with Crippen LogP contribution in [0.3, 0.4) is 0 Å². The smallest absolute Gasteiger partial charge is 0.0641 e. The summed E-state index contributed by atoms with van der Waals surface area (Å²) in [5, 5.41) is 0. The molecule has 0 amide bonds. The monoisotopic (exact) mass is 189 g/mol. The lowest BCUT2D eigenvalue weighted by molar-refractivity contribution is 0.600. The van der Waals surface area contributed by atoms with Crippen molar-refractivity contribution >= 4 is 27.5 Å². The van der Waals surface area contributed by atoms with Gasteiger partial charge in [0, 0.05) is 0 Å². The van der Waals surface area contributed by atoms with Gasteiger partial charge in [0.2, 0.25) is 0 Å². The van der Waals surface area contributed by atoms with Gasteiger partial charge in [-0.05, 0) is 0 Å². The van der Waals surface area contributed by atoms with Gasteiger partial charge in [-0.1, -0.05) is 4.57 Å². The Hall–Kier alpha value is 0.830. The van der Waals surface area contributed by atoms with E-state index in [1.807, 2.05) is 22.0 Å². The largest absolute Gasteiger partial charge is 0.401 e. The van der Waals surface area contributed by atoms with Gasteiger partial charge < -0.3 is 0 Å². The molecule has 4 heavy (non-hydrogen) atoms. The van der Waals surface area contributed by atoms with Crippen LogP contribution in [0.1, 0.15) is 0 Å². The molecule has 0 spiro atoms. The topological polar surface area (TPSA) is 17.1 Å². The third kappa shape index (κ3) is 13.8. The fraction of sp³-hybridized carbons (Fsp3) is 1.00. The lowest BCUT2D eigenvalue weighted by atomic mass is 12.0. The van der Waals surface area contributed by atoms with E-state index in [9.17, 15) is 4.57 Å². The van der Waals surface area contributed by atoms with Crippen LogP contribution in [0.4, 0.5) is 0 Å². The molecule has 0 aliphatic rings. The maximum absolute atomic E-state index is 9.58. The molecule has 0 aromatic rings. The lowest BCUT2D eigenvalue weighted by Crippen LogP contribution is -1.16. The van der Waals surface area contributed by atoms with Crippen molar-refractivity contribution in [1.29, 1.82) is 0 Å². The molecule has 0 aliphatic carbocycles. The van der Waals surface area contributed by atoms with E-state index in [1.165, 1.54) is 0 Å². The summed E-state index contributed by atoms with van der Waals surface area (Å²) in [6, 6.07) is 0. The van der Waals surface area contributed by atoms with E-state index in [0.717, 1.165) is 0 Å². The van der Waals surface area contributed by atoms with Gasteiger partial charge >= 0.3 is 5.44 Å². The molecule has 0 heterocycles. The highest BCUT2D eigenvalue weighted by Gasteiger charge is 1.87. The Balaban J connectivity index is 2.80. The zero-order valence-corrected chi connectivity index (χ0v) is 5.29. The molecule has 1 atom stereocenters. The summed E-state index contributed by atoms with van der Waals surface area (Å²) in [5.41, 5.74) is -0.900. The summed E-state index contributed by atoms with van der Waals surface area (Å²) in [7, 11) is 0. The normalized spacial score (nSPS) is 11.0. The molecule has 0 fully saturated rings. The van der Waals surface area contributed by atoms with E-state index in [2.05, 4.69) is 0 Å². The van der Waals surface area contributed by atoms with E-state index in [1.54, 1.807) is 6.66 Å². The Labute approximate surface area is 39.1 Å². The van der Waals surface area contributed by atoms with Gasteiger partial charge in [0.05, 0.1) is 0 Å². The third-order valence-electron chi connectivity index (χ3n) is 0. The minimum Gasteiger partial charge on any atom is -0.0641 e. The first-order valence-electron chi connectivity index (χ1n) is 0.799. The van der Waals surface area contributed by atoms with Crippen LogP contribution in [-0.4, -0.2) is 6.66 Å². The average Bonchev–Trinajstić information content (AvgIpc) is 0.811. The van der Waals surface area contributed by atoms with Crippen LogP contribution in [0, 0.1) is 0 Å². The zero-order valence-electron chi connectivity index (χ0n) is 2.23. The summed E-state index contributed by atoms with van der Waals surface area (Å²) in [5.74, 6) is 0. The predicted octanol–water partition coefficient (Wildman–Crippen LogP) is 1.79. The van der Waals surface area contributed by atoms with Crippen LogP contribution in [0.25, 0.3) is 0 Å². The summed E-state index contributed by atoms with van der Waals surface area (Å²) in [4.78, 5) is 0. The molecule has 0 aliphatic heterocycles. The molecule has 0 rings (SSSR count). The summed E-state index contributed by atoms with van der Waals surface area (Å²) < 4.78 is 9.58. The van der Waals surface area contributed by atoms with E-state index in [0.29, 0.717) is 0 Å². The molecule has 1 nitrogen and oxygen atoms in total. The van der Waals surface area contributed by atoms with Crippen molar-refractivity contribution in [3.8, 4) is 0 Å². The highest BCUT2D eigenvalue weighted by Crippen LogP contribution is 2.23. The SMILES string of the molecule is C[P+](=O)I. The quantitative estimate of drug-likeness (QED) is 0.419. The highest BCUT2D eigenvalue weighted by molar-refractivity contribution is 14.2. The minimum absolute atomic E-state index is 0.900. The summed E-state index contributed by atoms with van der Waals surface area (Å²) >= 11 is 1.85. The molecule has 24 valence electrons. The van der Waals surface area contributed by atoms with Crippen LogP contribution in [0.15, 0.2) is 0 Å². The minimum atomic E-state index is -0.900. The van der Waals surface area contributed by atoms with Crippen molar-refractivity contribution in [1.82, 2.24) is 0 Å². The van der Waals surface area contributed by atoms with Crippen LogP contribution < -0.4 is 0 Å². The number of hydrogen-bond acceptors (Lipinski definition) is 1. The fourth-order valence-corrected chi connectivity index (χ4v) is 0. The van der Waals surface area contributed by atoms with Crippen LogP contribution in [-0.2, 0) is 4.57 Å². The van der Waals surface area contributed by atoms with Crippen molar-refractivity contribution in [3.63, 3.8) is 0 Å². The Morgan fingerprint density at radius 2 is 2.00 bits per heavy atom. The summed E-state index contributed by atoms with van der Waals surface area (Å²) in [6.45, 7) is 1.66. The van der Waals surface area contributed by atoms with Crippen molar-refractivity contribution in [2.75, 3.05) is 6.66 Å². The van der Waals surface area contributed by atoms with Crippen LogP contribution in [0.2, 0.25) is 0 Å². The van der Waals surface area contributed by atoms with Gasteiger partial charge in [-0.15, -0.1) is 0 Å².